The molecule has 2 N–H and O–H groups in total. The third-order valence-corrected chi connectivity index (χ3v) is 4.27. The van der Waals surface area contributed by atoms with Crippen LogP contribution in [0.25, 0.3) is 0 Å². The lowest BCUT2D eigenvalue weighted by Gasteiger charge is -2.15. The lowest BCUT2D eigenvalue weighted by molar-refractivity contribution is 0.405. The van der Waals surface area contributed by atoms with Crippen molar-refractivity contribution in [1.29, 1.82) is 0 Å². The molecule has 0 saturated carbocycles. The Labute approximate surface area is 150 Å². The largest absolute Gasteiger partial charge is 0.495 e. The van der Waals surface area contributed by atoms with Gasteiger partial charge in [-0.15, -0.1) is 11.8 Å². The molecule has 2 rings (SSSR count). The van der Waals surface area contributed by atoms with E-state index in [2.05, 4.69) is 10.6 Å². The van der Waals surface area contributed by atoms with Crippen molar-refractivity contribution in [3.63, 3.8) is 0 Å². The molecule has 0 aromatic heterocycles. The standard InChI is InChI=1S/C16H17ClN2O2S2/c1-20-14-9-13(15(21-2)8-12(14)17)19-16(22)18-10-5-4-6-11(7-10)23-3/h4-9H,1-3H3,(H2,18,19,22). The second-order valence-corrected chi connectivity index (χ2v) is 6.19. The first-order valence-electron chi connectivity index (χ1n) is 6.71. The first kappa shape index (κ1) is 17.7. The number of hydrogen-bond donors (Lipinski definition) is 2. The van der Waals surface area contributed by atoms with Crippen molar-refractivity contribution in [2.24, 2.45) is 0 Å². The monoisotopic (exact) mass is 368 g/mol. The predicted octanol–water partition coefficient (Wildman–Crippen LogP) is 4.89. The topological polar surface area (TPSA) is 42.5 Å². The van der Waals surface area contributed by atoms with Crippen LogP contribution in [-0.2, 0) is 0 Å². The van der Waals surface area contributed by atoms with Crippen LogP contribution >= 0.6 is 35.6 Å². The third kappa shape index (κ3) is 4.67. The number of nitrogens with one attached hydrogen (secondary N) is 2. The van der Waals surface area contributed by atoms with Gasteiger partial charge in [0.25, 0.3) is 0 Å². The van der Waals surface area contributed by atoms with Gasteiger partial charge in [-0.3, -0.25) is 0 Å². The summed E-state index contributed by atoms with van der Waals surface area (Å²) in [4.78, 5) is 1.16. The van der Waals surface area contributed by atoms with Crippen molar-refractivity contribution in [3.8, 4) is 11.5 Å². The van der Waals surface area contributed by atoms with E-state index in [0.29, 0.717) is 27.3 Å². The molecular weight excluding hydrogens is 352 g/mol. The molecule has 0 fully saturated rings. The zero-order valence-corrected chi connectivity index (χ0v) is 15.4. The number of anilines is 2. The maximum atomic E-state index is 6.10. The minimum atomic E-state index is 0.450. The molecule has 2 aromatic carbocycles. The number of hydrogen-bond acceptors (Lipinski definition) is 4. The molecule has 0 bridgehead atoms. The highest BCUT2D eigenvalue weighted by atomic mass is 35.5. The van der Waals surface area contributed by atoms with E-state index in [0.717, 1.165) is 10.6 Å². The molecule has 0 spiro atoms. The molecule has 0 saturated heterocycles. The second kappa shape index (κ2) is 8.29. The van der Waals surface area contributed by atoms with E-state index >= 15 is 0 Å². The van der Waals surface area contributed by atoms with Gasteiger partial charge in [0, 0.05) is 22.7 Å². The number of thiocarbonyl (C=S) groups is 1. The van der Waals surface area contributed by atoms with E-state index in [4.69, 9.17) is 33.3 Å². The minimum absolute atomic E-state index is 0.450. The second-order valence-electron chi connectivity index (χ2n) is 4.50. The number of halogens is 1. The lowest BCUT2D eigenvalue weighted by atomic mass is 10.2. The van der Waals surface area contributed by atoms with Crippen LogP contribution in [0.4, 0.5) is 11.4 Å². The Kier molecular flexibility index (Phi) is 6.38. The van der Waals surface area contributed by atoms with Crippen LogP contribution in [0.5, 0.6) is 11.5 Å². The summed E-state index contributed by atoms with van der Waals surface area (Å²) in [5, 5.41) is 7.17. The number of ether oxygens (including phenoxy) is 2. The molecule has 0 heterocycles. The summed E-state index contributed by atoms with van der Waals surface area (Å²) >= 11 is 13.1. The summed E-state index contributed by atoms with van der Waals surface area (Å²) in [7, 11) is 3.13. The van der Waals surface area contributed by atoms with Crippen molar-refractivity contribution in [3.05, 3.63) is 41.4 Å². The maximum absolute atomic E-state index is 6.10. The number of methoxy groups -OCH3 is 2. The average molecular weight is 369 g/mol. The van der Waals surface area contributed by atoms with Gasteiger partial charge in [-0.1, -0.05) is 17.7 Å². The molecule has 0 atom stereocenters. The van der Waals surface area contributed by atoms with Crippen molar-refractivity contribution in [2.45, 2.75) is 4.90 Å². The Bertz CT molecular complexity index is 710. The van der Waals surface area contributed by atoms with Gasteiger partial charge in [-0.05, 0) is 36.7 Å². The summed E-state index contributed by atoms with van der Waals surface area (Å²) in [5.41, 5.74) is 1.58. The zero-order valence-electron chi connectivity index (χ0n) is 13.0. The molecule has 0 amide bonds. The average Bonchev–Trinajstić information content (AvgIpc) is 2.56. The highest BCUT2D eigenvalue weighted by Crippen LogP contribution is 2.35. The summed E-state index contributed by atoms with van der Waals surface area (Å²) in [6.45, 7) is 0. The number of benzene rings is 2. The highest BCUT2D eigenvalue weighted by molar-refractivity contribution is 7.98. The third-order valence-electron chi connectivity index (χ3n) is 3.05. The summed E-state index contributed by atoms with van der Waals surface area (Å²) in [6.07, 6.45) is 2.03. The van der Waals surface area contributed by atoms with Crippen molar-refractivity contribution in [2.75, 3.05) is 31.1 Å². The molecule has 7 heteroatoms. The van der Waals surface area contributed by atoms with Crippen LogP contribution in [0.2, 0.25) is 5.02 Å². The molecule has 0 aliphatic rings. The zero-order chi connectivity index (χ0) is 16.8. The summed E-state index contributed by atoms with van der Waals surface area (Å²) in [6, 6.07) is 11.4. The van der Waals surface area contributed by atoms with Crippen molar-refractivity contribution >= 4 is 52.1 Å². The SMILES string of the molecule is COc1cc(NC(=S)Nc2cccc(SC)c2)c(OC)cc1Cl. The smallest absolute Gasteiger partial charge is 0.175 e. The van der Waals surface area contributed by atoms with E-state index in [1.807, 2.05) is 30.5 Å². The van der Waals surface area contributed by atoms with Crippen LogP contribution in [0, 0.1) is 0 Å². The summed E-state index contributed by atoms with van der Waals surface area (Å²) in [5.74, 6) is 1.12. The van der Waals surface area contributed by atoms with Crippen molar-refractivity contribution in [1.82, 2.24) is 0 Å². The molecule has 0 radical (unpaired) electrons. The quantitative estimate of drug-likeness (QED) is 0.578. The van der Waals surface area contributed by atoms with Crippen molar-refractivity contribution < 1.29 is 9.47 Å². The maximum Gasteiger partial charge on any atom is 0.175 e. The van der Waals surface area contributed by atoms with E-state index in [9.17, 15) is 0 Å². The first-order valence-corrected chi connectivity index (χ1v) is 8.72. The highest BCUT2D eigenvalue weighted by Gasteiger charge is 2.11. The fourth-order valence-corrected chi connectivity index (χ4v) is 2.86. The molecule has 0 aliphatic heterocycles. The molecule has 122 valence electrons. The minimum Gasteiger partial charge on any atom is -0.495 e. The molecular formula is C16H17ClN2O2S2. The van der Waals surface area contributed by atoms with Gasteiger partial charge in [0.05, 0.1) is 24.9 Å². The molecule has 0 unspecified atom stereocenters. The molecule has 4 nitrogen and oxygen atoms in total. The van der Waals surface area contributed by atoms with Crippen LogP contribution in [0.15, 0.2) is 41.3 Å². The van der Waals surface area contributed by atoms with Crippen LogP contribution < -0.4 is 20.1 Å². The van der Waals surface area contributed by atoms with Crippen LogP contribution in [0.1, 0.15) is 0 Å². The Morgan fingerprint density at radius 3 is 2.48 bits per heavy atom. The Morgan fingerprint density at radius 1 is 1.09 bits per heavy atom. The molecule has 2 aromatic rings. The fourth-order valence-electron chi connectivity index (χ4n) is 1.94. The predicted molar refractivity (Wildman–Crippen MR) is 103 cm³/mol. The van der Waals surface area contributed by atoms with Crippen LogP contribution in [-0.4, -0.2) is 25.6 Å². The molecule has 0 aliphatic carbocycles. The van der Waals surface area contributed by atoms with Gasteiger partial charge < -0.3 is 20.1 Å². The Morgan fingerprint density at radius 2 is 1.83 bits per heavy atom. The normalized spacial score (nSPS) is 10.1. The fraction of sp³-hybridized carbons (Fsp3) is 0.188. The lowest BCUT2D eigenvalue weighted by Crippen LogP contribution is -2.19. The Balaban J connectivity index is 2.16. The van der Waals surface area contributed by atoms with Gasteiger partial charge >= 0.3 is 0 Å². The number of thioether (sulfide) groups is 1. The van der Waals surface area contributed by atoms with Gasteiger partial charge in [0.2, 0.25) is 0 Å². The summed E-state index contributed by atoms with van der Waals surface area (Å²) < 4.78 is 10.5. The number of rotatable bonds is 5. The Hall–Kier alpha value is -1.63. The van der Waals surface area contributed by atoms with E-state index in [1.54, 1.807) is 38.1 Å². The van der Waals surface area contributed by atoms with E-state index in [1.165, 1.54) is 0 Å². The van der Waals surface area contributed by atoms with E-state index < -0.39 is 0 Å². The van der Waals surface area contributed by atoms with Gasteiger partial charge in [-0.2, -0.15) is 0 Å². The first-order chi connectivity index (χ1) is 11.1. The van der Waals surface area contributed by atoms with E-state index in [-0.39, 0.29) is 0 Å². The van der Waals surface area contributed by atoms with Gasteiger partial charge in [0.15, 0.2) is 5.11 Å². The van der Waals surface area contributed by atoms with Gasteiger partial charge in [-0.25, -0.2) is 0 Å². The van der Waals surface area contributed by atoms with Gasteiger partial charge in [0.1, 0.15) is 11.5 Å². The molecule has 23 heavy (non-hydrogen) atoms. The van der Waals surface area contributed by atoms with Crippen LogP contribution in [0.3, 0.4) is 0 Å².